The van der Waals surface area contributed by atoms with Crippen LogP contribution >= 0.6 is 0 Å². The summed E-state index contributed by atoms with van der Waals surface area (Å²) in [5.41, 5.74) is 4.24. The van der Waals surface area contributed by atoms with Gasteiger partial charge < -0.3 is 14.8 Å². The Bertz CT molecular complexity index is 1310. The van der Waals surface area contributed by atoms with Gasteiger partial charge in [-0.25, -0.2) is 4.98 Å². The normalized spacial score (nSPS) is 15.9. The summed E-state index contributed by atoms with van der Waals surface area (Å²) < 4.78 is 13.6. The summed E-state index contributed by atoms with van der Waals surface area (Å²) >= 11 is 0. The van der Waals surface area contributed by atoms with Crippen LogP contribution < -0.4 is 10.1 Å². The molecule has 1 aliphatic rings. The Morgan fingerprint density at radius 2 is 1.94 bits per heavy atom. The first-order valence-corrected chi connectivity index (χ1v) is 11.6. The zero-order chi connectivity index (χ0) is 23.5. The highest BCUT2D eigenvalue weighted by molar-refractivity contribution is 6.13. The van der Waals surface area contributed by atoms with Crippen molar-refractivity contribution in [2.45, 2.75) is 32.3 Å². The second kappa shape index (κ2) is 9.65. The molecule has 2 aromatic heterocycles. The minimum atomic E-state index is -0.231. The van der Waals surface area contributed by atoms with Crippen molar-refractivity contribution in [1.82, 2.24) is 14.8 Å². The third-order valence-corrected chi connectivity index (χ3v) is 6.12. The zero-order valence-electron chi connectivity index (χ0n) is 19.5. The van der Waals surface area contributed by atoms with E-state index in [0.717, 1.165) is 48.2 Å². The predicted molar refractivity (Wildman–Crippen MR) is 132 cm³/mol. The highest BCUT2D eigenvalue weighted by atomic mass is 16.5. The van der Waals surface area contributed by atoms with Gasteiger partial charge in [-0.2, -0.15) is 5.10 Å². The average Bonchev–Trinajstić information content (AvgIpc) is 3.17. The fourth-order valence-electron chi connectivity index (χ4n) is 4.39. The number of fused-ring (bicyclic) bond motifs is 1. The lowest BCUT2D eigenvalue weighted by Gasteiger charge is -2.23. The molecule has 5 rings (SSSR count). The van der Waals surface area contributed by atoms with E-state index in [2.05, 4.69) is 10.4 Å². The Kier molecular flexibility index (Phi) is 6.27. The lowest BCUT2D eigenvalue weighted by molar-refractivity contribution is -0.0109. The maximum Gasteiger partial charge on any atom is 0.256 e. The van der Waals surface area contributed by atoms with Gasteiger partial charge in [-0.05, 0) is 44.4 Å². The molecule has 1 N–H and O–H groups in total. The Morgan fingerprint density at radius 1 is 1.15 bits per heavy atom. The lowest BCUT2D eigenvalue weighted by Crippen LogP contribution is -2.26. The van der Waals surface area contributed by atoms with Crippen LogP contribution in [0.2, 0.25) is 0 Å². The summed E-state index contributed by atoms with van der Waals surface area (Å²) in [4.78, 5) is 18.4. The number of carbonyl (C=O) groups excluding carboxylic acids is 1. The monoisotopic (exact) mass is 456 g/mol. The van der Waals surface area contributed by atoms with Crippen molar-refractivity contribution in [2.24, 2.45) is 7.05 Å². The number of hydrogen-bond donors (Lipinski definition) is 1. The van der Waals surface area contributed by atoms with Crippen LogP contribution in [0, 0.1) is 6.92 Å². The fourth-order valence-corrected chi connectivity index (χ4v) is 4.39. The van der Waals surface area contributed by atoms with Crippen molar-refractivity contribution < 1.29 is 14.3 Å². The molecule has 7 nitrogen and oxygen atoms in total. The van der Waals surface area contributed by atoms with Crippen LogP contribution in [0.4, 0.5) is 5.69 Å². The third-order valence-electron chi connectivity index (χ3n) is 6.12. The van der Waals surface area contributed by atoms with Gasteiger partial charge >= 0.3 is 0 Å². The number of pyridine rings is 1. The van der Waals surface area contributed by atoms with Gasteiger partial charge in [0.2, 0.25) is 0 Å². The Morgan fingerprint density at radius 3 is 2.74 bits per heavy atom. The number of benzene rings is 2. The zero-order valence-corrected chi connectivity index (χ0v) is 19.5. The van der Waals surface area contributed by atoms with Crippen molar-refractivity contribution >= 4 is 22.6 Å². The van der Waals surface area contributed by atoms with Crippen molar-refractivity contribution in [3.05, 3.63) is 71.9 Å². The molecular formula is C27H28N4O3. The Labute approximate surface area is 198 Å². The summed E-state index contributed by atoms with van der Waals surface area (Å²) in [5, 5.41) is 8.31. The standard InChI is InChI=1S/C27H28N4O3/c1-18-25-21(16-23(19-10-4-3-5-11-19)28-26(25)31(2)30-18)27(32)29-22-13-6-7-14-24(22)34-17-20-12-8-9-15-33-20/h3-7,10-11,13-14,16,20H,8-9,12,15,17H2,1-2H3,(H,29,32). The summed E-state index contributed by atoms with van der Waals surface area (Å²) in [6.45, 7) is 3.13. The van der Waals surface area contributed by atoms with Crippen molar-refractivity contribution in [2.75, 3.05) is 18.5 Å². The van der Waals surface area contributed by atoms with Gasteiger partial charge in [0.1, 0.15) is 12.4 Å². The molecule has 34 heavy (non-hydrogen) atoms. The molecule has 1 aliphatic heterocycles. The van der Waals surface area contributed by atoms with E-state index in [9.17, 15) is 4.79 Å². The van der Waals surface area contributed by atoms with Crippen LogP contribution in [-0.4, -0.2) is 40.0 Å². The van der Waals surface area contributed by atoms with Gasteiger partial charge in [0, 0.05) is 19.2 Å². The number of nitrogens with one attached hydrogen (secondary N) is 1. The lowest BCUT2D eigenvalue weighted by atomic mass is 10.0. The van der Waals surface area contributed by atoms with Crippen LogP contribution in [-0.2, 0) is 11.8 Å². The molecular weight excluding hydrogens is 428 g/mol. The molecule has 4 aromatic rings. The topological polar surface area (TPSA) is 78.3 Å². The van der Waals surface area contributed by atoms with E-state index in [1.165, 1.54) is 0 Å². The summed E-state index contributed by atoms with van der Waals surface area (Å²) in [6.07, 6.45) is 3.33. The SMILES string of the molecule is Cc1nn(C)c2nc(-c3ccccc3)cc(C(=O)Nc3ccccc3OCC3CCCCO3)c12. The van der Waals surface area contributed by atoms with Crippen molar-refractivity contribution in [3.8, 4) is 17.0 Å². The molecule has 1 amide bonds. The van der Waals surface area contributed by atoms with Crippen LogP contribution in [0.5, 0.6) is 5.75 Å². The van der Waals surface area contributed by atoms with Crippen LogP contribution in [0.3, 0.4) is 0 Å². The predicted octanol–water partition coefficient (Wildman–Crippen LogP) is 5.14. The van der Waals surface area contributed by atoms with E-state index in [0.29, 0.717) is 29.3 Å². The van der Waals surface area contributed by atoms with E-state index in [-0.39, 0.29) is 12.0 Å². The molecule has 3 heterocycles. The van der Waals surface area contributed by atoms with Gasteiger partial charge in [-0.3, -0.25) is 9.48 Å². The molecule has 0 bridgehead atoms. The highest BCUT2D eigenvalue weighted by Crippen LogP contribution is 2.30. The largest absolute Gasteiger partial charge is 0.489 e. The molecule has 1 atom stereocenters. The highest BCUT2D eigenvalue weighted by Gasteiger charge is 2.21. The van der Waals surface area contributed by atoms with E-state index < -0.39 is 0 Å². The minimum Gasteiger partial charge on any atom is -0.489 e. The number of amides is 1. The molecule has 0 saturated carbocycles. The van der Waals surface area contributed by atoms with Gasteiger partial charge in [0.15, 0.2) is 5.65 Å². The number of para-hydroxylation sites is 2. The fraction of sp³-hybridized carbons (Fsp3) is 0.296. The van der Waals surface area contributed by atoms with Crippen molar-refractivity contribution in [3.63, 3.8) is 0 Å². The van der Waals surface area contributed by atoms with Gasteiger partial charge in [-0.1, -0.05) is 42.5 Å². The molecule has 0 aliphatic carbocycles. The average molecular weight is 457 g/mol. The van der Waals surface area contributed by atoms with Crippen LogP contribution in [0.15, 0.2) is 60.7 Å². The number of aromatic nitrogens is 3. The summed E-state index contributed by atoms with van der Waals surface area (Å²) in [6, 6.07) is 19.2. The summed E-state index contributed by atoms with van der Waals surface area (Å²) in [5.74, 6) is 0.396. The quantitative estimate of drug-likeness (QED) is 0.434. The number of anilines is 1. The summed E-state index contributed by atoms with van der Waals surface area (Å²) in [7, 11) is 1.84. The molecule has 1 saturated heterocycles. The molecule has 0 spiro atoms. The number of aryl methyl sites for hydroxylation is 2. The second-order valence-corrected chi connectivity index (χ2v) is 8.58. The molecule has 2 aromatic carbocycles. The first kappa shape index (κ1) is 22.1. The first-order valence-electron chi connectivity index (χ1n) is 11.6. The van der Waals surface area contributed by atoms with Gasteiger partial charge in [0.05, 0.1) is 34.1 Å². The molecule has 0 radical (unpaired) electrons. The minimum absolute atomic E-state index is 0.0869. The smallest absolute Gasteiger partial charge is 0.256 e. The maximum absolute atomic E-state index is 13.6. The molecule has 174 valence electrons. The number of rotatable bonds is 6. The molecule has 1 unspecified atom stereocenters. The maximum atomic E-state index is 13.6. The number of ether oxygens (including phenoxy) is 2. The number of carbonyl (C=O) groups is 1. The third kappa shape index (κ3) is 4.52. The van der Waals surface area contributed by atoms with E-state index in [1.807, 2.05) is 74.6 Å². The number of hydrogen-bond acceptors (Lipinski definition) is 5. The molecule has 1 fully saturated rings. The first-order chi connectivity index (χ1) is 16.6. The van der Waals surface area contributed by atoms with E-state index in [4.69, 9.17) is 14.5 Å². The number of nitrogens with zero attached hydrogens (tertiary/aromatic N) is 3. The van der Waals surface area contributed by atoms with E-state index in [1.54, 1.807) is 4.68 Å². The van der Waals surface area contributed by atoms with Crippen molar-refractivity contribution in [1.29, 1.82) is 0 Å². The Hall–Kier alpha value is -3.71. The van der Waals surface area contributed by atoms with Crippen LogP contribution in [0.1, 0.15) is 35.3 Å². The Balaban J connectivity index is 1.46. The molecule has 7 heteroatoms. The van der Waals surface area contributed by atoms with Gasteiger partial charge in [-0.15, -0.1) is 0 Å². The van der Waals surface area contributed by atoms with Gasteiger partial charge in [0.25, 0.3) is 5.91 Å². The second-order valence-electron chi connectivity index (χ2n) is 8.58. The van der Waals surface area contributed by atoms with E-state index >= 15 is 0 Å². The van der Waals surface area contributed by atoms with Crippen LogP contribution in [0.25, 0.3) is 22.3 Å².